The molecule has 0 radical (unpaired) electrons. The van der Waals surface area contributed by atoms with Gasteiger partial charge >= 0.3 is 6.18 Å². The van der Waals surface area contributed by atoms with Crippen LogP contribution in [0.3, 0.4) is 0 Å². The molecular weight excluding hydrogens is 335 g/mol. The Kier molecular flexibility index (Phi) is 7.38. The van der Waals surface area contributed by atoms with Gasteiger partial charge in [-0.15, -0.1) is 0 Å². The largest absolute Gasteiger partial charge is 0.493 e. The first-order valence-electron chi connectivity index (χ1n) is 8.63. The van der Waals surface area contributed by atoms with Crippen LogP contribution in [0.1, 0.15) is 37.7 Å². The number of halogens is 3. The van der Waals surface area contributed by atoms with Crippen molar-refractivity contribution < 1.29 is 27.8 Å². The first-order chi connectivity index (χ1) is 11.9. The van der Waals surface area contributed by atoms with Gasteiger partial charge in [-0.3, -0.25) is 0 Å². The second kappa shape index (κ2) is 9.29. The van der Waals surface area contributed by atoms with Gasteiger partial charge in [-0.2, -0.15) is 13.2 Å². The molecule has 1 aromatic rings. The summed E-state index contributed by atoms with van der Waals surface area (Å²) in [5.74, 6) is 0.605. The number of aliphatic hydroxyl groups is 1. The van der Waals surface area contributed by atoms with E-state index in [2.05, 4.69) is 5.32 Å². The Balaban J connectivity index is 1.97. The lowest BCUT2D eigenvalue weighted by Gasteiger charge is -2.25. The first kappa shape index (κ1) is 19.8. The predicted molar refractivity (Wildman–Crippen MR) is 88.8 cm³/mol. The summed E-state index contributed by atoms with van der Waals surface area (Å²) >= 11 is 0. The van der Waals surface area contributed by atoms with Crippen molar-refractivity contribution in [3.63, 3.8) is 0 Å². The molecule has 1 saturated carbocycles. The third-order valence-corrected chi connectivity index (χ3v) is 4.58. The van der Waals surface area contributed by atoms with Crippen molar-refractivity contribution in [1.82, 2.24) is 5.32 Å². The number of hydrogen-bond acceptors (Lipinski definition) is 4. The molecule has 1 aliphatic carbocycles. The summed E-state index contributed by atoms with van der Waals surface area (Å²) < 4.78 is 46.8. The van der Waals surface area contributed by atoms with Crippen LogP contribution >= 0.6 is 0 Å². The fraction of sp³-hybridized carbons (Fsp3) is 0.667. The van der Waals surface area contributed by atoms with Crippen molar-refractivity contribution >= 4 is 0 Å². The van der Waals surface area contributed by atoms with E-state index >= 15 is 0 Å². The second-order valence-electron chi connectivity index (χ2n) is 6.46. The lowest BCUT2D eigenvalue weighted by atomic mass is 9.95. The number of aliphatic hydroxyl groups excluding tert-OH is 1. The molecule has 0 heterocycles. The fourth-order valence-corrected chi connectivity index (χ4v) is 3.22. The highest BCUT2D eigenvalue weighted by atomic mass is 19.4. The van der Waals surface area contributed by atoms with Crippen molar-refractivity contribution in [3.05, 3.63) is 23.8 Å². The zero-order chi connectivity index (χ0) is 18.3. The van der Waals surface area contributed by atoms with Gasteiger partial charge in [0.25, 0.3) is 0 Å². The first-order valence-corrected chi connectivity index (χ1v) is 8.63. The van der Waals surface area contributed by atoms with Crippen LogP contribution in [0, 0.1) is 5.92 Å². The molecule has 0 bridgehead atoms. The van der Waals surface area contributed by atoms with Crippen LogP contribution in [0.15, 0.2) is 18.2 Å². The van der Waals surface area contributed by atoms with Crippen molar-refractivity contribution in [2.45, 2.75) is 50.9 Å². The highest BCUT2D eigenvalue weighted by Gasteiger charge is 2.29. The topological polar surface area (TPSA) is 50.7 Å². The van der Waals surface area contributed by atoms with E-state index in [0.29, 0.717) is 6.54 Å². The SMILES string of the molecule is COc1cc(CN[C@@H]2CCCCC[C@H]2CO)ccc1OCC(F)(F)F. The maximum absolute atomic E-state index is 12.3. The Morgan fingerprint density at radius 2 is 1.92 bits per heavy atom. The lowest BCUT2D eigenvalue weighted by molar-refractivity contribution is -0.153. The molecule has 7 heteroatoms. The summed E-state index contributed by atoms with van der Waals surface area (Å²) in [6.45, 7) is -0.608. The quantitative estimate of drug-likeness (QED) is 0.728. The number of rotatable bonds is 7. The minimum atomic E-state index is -4.38. The normalized spacial score (nSPS) is 21.6. The fourth-order valence-electron chi connectivity index (χ4n) is 3.22. The van der Waals surface area contributed by atoms with E-state index in [1.165, 1.54) is 19.6 Å². The number of alkyl halides is 3. The molecule has 0 spiro atoms. The molecule has 2 atom stereocenters. The van der Waals surface area contributed by atoms with Crippen molar-refractivity contribution in [2.75, 3.05) is 20.3 Å². The minimum Gasteiger partial charge on any atom is -0.493 e. The van der Waals surface area contributed by atoms with Crippen LogP contribution in [0.5, 0.6) is 11.5 Å². The Bertz CT molecular complexity index is 537. The average Bonchev–Trinajstić information content (AvgIpc) is 2.82. The highest BCUT2D eigenvalue weighted by Crippen LogP contribution is 2.30. The van der Waals surface area contributed by atoms with Gasteiger partial charge in [0.15, 0.2) is 18.1 Å². The molecule has 1 aromatic carbocycles. The Labute approximate surface area is 146 Å². The number of ether oxygens (including phenoxy) is 2. The zero-order valence-corrected chi connectivity index (χ0v) is 14.4. The molecule has 0 amide bonds. The molecule has 1 aliphatic rings. The molecule has 2 rings (SSSR count). The van der Waals surface area contributed by atoms with Gasteiger partial charge in [0.1, 0.15) is 0 Å². The molecule has 25 heavy (non-hydrogen) atoms. The van der Waals surface area contributed by atoms with Crippen LogP contribution in [0.2, 0.25) is 0 Å². The number of methoxy groups -OCH3 is 1. The van der Waals surface area contributed by atoms with Gasteiger partial charge in [0.2, 0.25) is 0 Å². The summed E-state index contributed by atoms with van der Waals surface area (Å²) in [7, 11) is 1.40. The van der Waals surface area contributed by atoms with Crippen molar-refractivity contribution in [1.29, 1.82) is 0 Å². The molecule has 0 aliphatic heterocycles. The number of benzene rings is 1. The maximum atomic E-state index is 12.3. The minimum absolute atomic E-state index is 0.0753. The molecule has 0 aromatic heterocycles. The summed E-state index contributed by atoms with van der Waals surface area (Å²) in [6, 6.07) is 5.16. The lowest BCUT2D eigenvalue weighted by Crippen LogP contribution is -2.36. The monoisotopic (exact) mass is 361 g/mol. The van der Waals surface area contributed by atoms with Gasteiger partial charge in [0, 0.05) is 19.2 Å². The van der Waals surface area contributed by atoms with Crippen molar-refractivity contribution in [3.8, 4) is 11.5 Å². The average molecular weight is 361 g/mol. The Morgan fingerprint density at radius 1 is 1.16 bits per heavy atom. The standard InChI is InChI=1S/C18H26F3NO3/c1-24-17-9-13(7-8-16(17)25-12-18(19,20)21)10-22-15-6-4-2-3-5-14(15)11-23/h7-9,14-15,22-23H,2-6,10-12H2,1H3/t14-,15+/m0/s1. The second-order valence-corrected chi connectivity index (χ2v) is 6.46. The van der Waals surface area contributed by atoms with E-state index in [0.717, 1.165) is 31.2 Å². The van der Waals surface area contributed by atoms with Crippen LogP contribution in [-0.2, 0) is 6.54 Å². The van der Waals surface area contributed by atoms with Crippen LogP contribution in [-0.4, -0.2) is 37.6 Å². The molecule has 0 saturated heterocycles. The van der Waals surface area contributed by atoms with E-state index in [9.17, 15) is 18.3 Å². The van der Waals surface area contributed by atoms with Crippen molar-refractivity contribution in [2.24, 2.45) is 5.92 Å². The van der Waals surface area contributed by atoms with E-state index in [4.69, 9.17) is 9.47 Å². The molecule has 1 fully saturated rings. The Morgan fingerprint density at radius 3 is 2.60 bits per heavy atom. The van der Waals surface area contributed by atoms with E-state index in [1.807, 2.05) is 0 Å². The summed E-state index contributed by atoms with van der Waals surface area (Å²) in [6.07, 6.45) is 1.12. The summed E-state index contributed by atoms with van der Waals surface area (Å²) in [5, 5.41) is 13.0. The van der Waals surface area contributed by atoms with E-state index in [-0.39, 0.29) is 30.1 Å². The third kappa shape index (κ3) is 6.40. The zero-order valence-electron chi connectivity index (χ0n) is 14.4. The van der Waals surface area contributed by atoms with Crippen LogP contribution in [0.25, 0.3) is 0 Å². The Hall–Kier alpha value is -1.47. The van der Waals surface area contributed by atoms with E-state index in [1.54, 1.807) is 12.1 Å². The van der Waals surface area contributed by atoms with Crippen LogP contribution < -0.4 is 14.8 Å². The molecule has 2 N–H and O–H groups in total. The smallest absolute Gasteiger partial charge is 0.422 e. The summed E-state index contributed by atoms with van der Waals surface area (Å²) in [4.78, 5) is 0. The van der Waals surface area contributed by atoms with Gasteiger partial charge in [-0.05, 0) is 36.5 Å². The van der Waals surface area contributed by atoms with E-state index < -0.39 is 12.8 Å². The van der Waals surface area contributed by atoms with Crippen LogP contribution in [0.4, 0.5) is 13.2 Å². The molecule has 4 nitrogen and oxygen atoms in total. The van der Waals surface area contributed by atoms with Gasteiger partial charge < -0.3 is 19.9 Å². The molecule has 0 unspecified atom stereocenters. The van der Waals surface area contributed by atoms with Gasteiger partial charge in [0.05, 0.1) is 7.11 Å². The molecule has 142 valence electrons. The maximum Gasteiger partial charge on any atom is 0.422 e. The van der Waals surface area contributed by atoms with Gasteiger partial charge in [-0.25, -0.2) is 0 Å². The molecular formula is C18H26F3NO3. The summed E-state index contributed by atoms with van der Waals surface area (Å²) in [5.41, 5.74) is 0.900. The van der Waals surface area contributed by atoms with Gasteiger partial charge in [-0.1, -0.05) is 25.3 Å². The number of hydrogen-bond donors (Lipinski definition) is 2. The third-order valence-electron chi connectivity index (χ3n) is 4.58. The predicted octanol–water partition coefficient (Wildman–Crippen LogP) is 3.67. The number of nitrogens with one attached hydrogen (secondary N) is 1. The highest BCUT2D eigenvalue weighted by molar-refractivity contribution is 5.43.